The molecule has 1 atom stereocenters. The van der Waals surface area contributed by atoms with E-state index in [1.807, 2.05) is 6.92 Å². The largest absolute Gasteiger partial charge is 0.393 e. The summed E-state index contributed by atoms with van der Waals surface area (Å²) in [5.74, 6) is 0.0601. The van der Waals surface area contributed by atoms with E-state index in [4.69, 9.17) is 0 Å². The van der Waals surface area contributed by atoms with Gasteiger partial charge in [-0.3, -0.25) is 0 Å². The lowest BCUT2D eigenvalue weighted by Gasteiger charge is -2.32. The summed E-state index contributed by atoms with van der Waals surface area (Å²) in [5.41, 5.74) is 0.469. The van der Waals surface area contributed by atoms with Crippen molar-refractivity contribution in [1.29, 1.82) is 0 Å². The van der Waals surface area contributed by atoms with E-state index in [1.54, 1.807) is 12.1 Å². The van der Waals surface area contributed by atoms with E-state index in [2.05, 4.69) is 31.0 Å². The minimum atomic E-state index is -0.293. The predicted molar refractivity (Wildman–Crippen MR) is 89.6 cm³/mol. The highest BCUT2D eigenvalue weighted by atomic mass is 79.9. The number of hydrogen-bond acceptors (Lipinski definition) is 5. The molecule has 0 amide bonds. The standard InChI is InChI=1S/C15H17BrFN3OS/c1-9(21)10-4-6-20(7-5-10)15-19-18-14(22-15)12-8-11(16)2-3-13(12)17/h2-3,8-10,21H,4-7H2,1H3. The van der Waals surface area contributed by atoms with Crippen LogP contribution in [-0.4, -0.2) is 34.5 Å². The molecule has 1 aromatic carbocycles. The molecule has 2 heterocycles. The van der Waals surface area contributed by atoms with Gasteiger partial charge in [0.2, 0.25) is 5.13 Å². The molecule has 1 aliphatic heterocycles. The van der Waals surface area contributed by atoms with Gasteiger partial charge < -0.3 is 10.0 Å². The van der Waals surface area contributed by atoms with Crippen molar-refractivity contribution in [3.8, 4) is 10.6 Å². The molecule has 1 aliphatic rings. The van der Waals surface area contributed by atoms with Crippen LogP contribution in [0.3, 0.4) is 0 Å². The Hall–Kier alpha value is -1.05. The zero-order chi connectivity index (χ0) is 15.7. The number of benzene rings is 1. The Morgan fingerprint density at radius 2 is 2.09 bits per heavy atom. The lowest BCUT2D eigenvalue weighted by molar-refractivity contribution is 0.110. The highest BCUT2D eigenvalue weighted by molar-refractivity contribution is 9.10. The van der Waals surface area contributed by atoms with E-state index in [0.29, 0.717) is 16.5 Å². The quantitative estimate of drug-likeness (QED) is 0.874. The van der Waals surface area contributed by atoms with E-state index >= 15 is 0 Å². The summed E-state index contributed by atoms with van der Waals surface area (Å²) in [7, 11) is 0. The molecule has 1 aromatic heterocycles. The highest BCUT2D eigenvalue weighted by Gasteiger charge is 2.25. The van der Waals surface area contributed by atoms with Gasteiger partial charge in [-0.15, -0.1) is 10.2 Å². The first-order chi connectivity index (χ1) is 10.5. The van der Waals surface area contributed by atoms with Crippen LogP contribution in [0.1, 0.15) is 19.8 Å². The van der Waals surface area contributed by atoms with Crippen LogP contribution in [0.4, 0.5) is 9.52 Å². The van der Waals surface area contributed by atoms with Gasteiger partial charge in [-0.05, 0) is 43.9 Å². The molecular weight excluding hydrogens is 369 g/mol. The van der Waals surface area contributed by atoms with Crippen molar-refractivity contribution in [1.82, 2.24) is 10.2 Å². The summed E-state index contributed by atoms with van der Waals surface area (Å²) in [6.45, 7) is 3.55. The fourth-order valence-corrected chi connectivity index (χ4v) is 3.96. The van der Waals surface area contributed by atoms with Gasteiger partial charge in [-0.1, -0.05) is 27.3 Å². The lowest BCUT2D eigenvalue weighted by atomic mass is 9.92. The summed E-state index contributed by atoms with van der Waals surface area (Å²) in [5, 5.41) is 19.4. The Labute approximate surface area is 141 Å². The fraction of sp³-hybridized carbons (Fsp3) is 0.467. The molecular formula is C15H17BrFN3OS. The van der Waals surface area contributed by atoms with Crippen molar-refractivity contribution >= 4 is 32.4 Å². The first-order valence-corrected chi connectivity index (χ1v) is 8.87. The number of nitrogens with zero attached hydrogens (tertiary/aromatic N) is 3. The molecule has 0 aliphatic carbocycles. The summed E-state index contributed by atoms with van der Waals surface area (Å²) >= 11 is 4.76. The summed E-state index contributed by atoms with van der Waals surface area (Å²) in [6.07, 6.45) is 1.62. The molecule has 2 aromatic rings. The van der Waals surface area contributed by atoms with Gasteiger partial charge in [0, 0.05) is 23.1 Å². The van der Waals surface area contributed by atoms with Crippen molar-refractivity contribution in [3.05, 3.63) is 28.5 Å². The third-order valence-electron chi connectivity index (χ3n) is 4.07. The van der Waals surface area contributed by atoms with E-state index in [1.165, 1.54) is 17.4 Å². The van der Waals surface area contributed by atoms with Crippen LogP contribution in [0, 0.1) is 11.7 Å². The molecule has 3 rings (SSSR count). The van der Waals surface area contributed by atoms with Crippen LogP contribution in [0.5, 0.6) is 0 Å². The van der Waals surface area contributed by atoms with Gasteiger partial charge in [-0.25, -0.2) is 4.39 Å². The molecule has 1 N–H and O–H groups in total. The third kappa shape index (κ3) is 3.31. The van der Waals surface area contributed by atoms with Crippen LogP contribution in [0.2, 0.25) is 0 Å². The Morgan fingerprint density at radius 1 is 1.36 bits per heavy atom. The molecule has 1 unspecified atom stereocenters. The van der Waals surface area contributed by atoms with Crippen LogP contribution in [0.15, 0.2) is 22.7 Å². The zero-order valence-corrected chi connectivity index (χ0v) is 14.6. The molecule has 7 heteroatoms. The van der Waals surface area contributed by atoms with Crippen molar-refractivity contribution < 1.29 is 9.50 Å². The molecule has 1 saturated heterocycles. The lowest BCUT2D eigenvalue weighted by Crippen LogP contribution is -2.36. The summed E-state index contributed by atoms with van der Waals surface area (Å²) < 4.78 is 14.7. The van der Waals surface area contributed by atoms with E-state index in [-0.39, 0.29) is 11.9 Å². The topological polar surface area (TPSA) is 49.2 Å². The van der Waals surface area contributed by atoms with Gasteiger partial charge >= 0.3 is 0 Å². The minimum absolute atomic E-state index is 0.261. The van der Waals surface area contributed by atoms with E-state index in [0.717, 1.165) is 35.5 Å². The molecule has 4 nitrogen and oxygen atoms in total. The molecule has 1 fully saturated rings. The second-order valence-electron chi connectivity index (χ2n) is 5.58. The number of hydrogen-bond donors (Lipinski definition) is 1. The Balaban J connectivity index is 1.76. The van der Waals surface area contributed by atoms with Gasteiger partial charge in [-0.2, -0.15) is 0 Å². The number of piperidine rings is 1. The fourth-order valence-electron chi connectivity index (χ4n) is 2.69. The van der Waals surface area contributed by atoms with E-state index in [9.17, 15) is 9.50 Å². The highest BCUT2D eigenvalue weighted by Crippen LogP contribution is 2.33. The molecule has 0 saturated carbocycles. The monoisotopic (exact) mass is 385 g/mol. The predicted octanol–water partition coefficient (Wildman–Crippen LogP) is 3.70. The van der Waals surface area contributed by atoms with Crippen molar-refractivity contribution in [2.45, 2.75) is 25.9 Å². The summed E-state index contributed by atoms with van der Waals surface area (Å²) in [6, 6.07) is 4.82. The van der Waals surface area contributed by atoms with Gasteiger partial charge in [0.25, 0.3) is 0 Å². The number of aliphatic hydroxyl groups excluding tert-OH is 1. The van der Waals surface area contributed by atoms with Crippen LogP contribution >= 0.6 is 27.3 Å². The molecule has 0 radical (unpaired) electrons. The SMILES string of the molecule is CC(O)C1CCN(c2nnc(-c3cc(Br)ccc3F)s2)CC1. The number of aliphatic hydroxyl groups is 1. The minimum Gasteiger partial charge on any atom is -0.393 e. The molecule has 22 heavy (non-hydrogen) atoms. The number of rotatable bonds is 3. The van der Waals surface area contributed by atoms with Crippen LogP contribution in [0.25, 0.3) is 10.6 Å². The first kappa shape index (κ1) is 15.8. The molecule has 0 bridgehead atoms. The molecule has 0 spiro atoms. The Morgan fingerprint density at radius 3 is 2.77 bits per heavy atom. The number of halogens is 2. The number of aromatic nitrogens is 2. The first-order valence-electron chi connectivity index (χ1n) is 7.26. The maximum Gasteiger partial charge on any atom is 0.208 e. The Bertz CT molecular complexity index is 656. The van der Waals surface area contributed by atoms with Crippen molar-refractivity contribution in [3.63, 3.8) is 0 Å². The van der Waals surface area contributed by atoms with Gasteiger partial charge in [0.15, 0.2) is 5.01 Å². The average molecular weight is 386 g/mol. The second-order valence-corrected chi connectivity index (χ2v) is 7.45. The van der Waals surface area contributed by atoms with Gasteiger partial charge in [0.1, 0.15) is 5.82 Å². The van der Waals surface area contributed by atoms with Crippen LogP contribution in [-0.2, 0) is 0 Å². The van der Waals surface area contributed by atoms with Crippen molar-refractivity contribution in [2.75, 3.05) is 18.0 Å². The smallest absolute Gasteiger partial charge is 0.208 e. The average Bonchev–Trinajstić information content (AvgIpc) is 2.99. The second kappa shape index (κ2) is 6.60. The number of anilines is 1. The van der Waals surface area contributed by atoms with Gasteiger partial charge in [0.05, 0.1) is 6.10 Å². The maximum absolute atomic E-state index is 13.9. The maximum atomic E-state index is 13.9. The van der Waals surface area contributed by atoms with E-state index < -0.39 is 0 Å². The normalized spacial score (nSPS) is 17.7. The zero-order valence-electron chi connectivity index (χ0n) is 12.2. The van der Waals surface area contributed by atoms with Crippen LogP contribution < -0.4 is 4.90 Å². The van der Waals surface area contributed by atoms with Crippen molar-refractivity contribution in [2.24, 2.45) is 5.92 Å². The molecule has 118 valence electrons. The third-order valence-corrected chi connectivity index (χ3v) is 5.58. The summed E-state index contributed by atoms with van der Waals surface area (Å²) in [4.78, 5) is 2.16. The Kier molecular flexibility index (Phi) is 4.75.